The summed E-state index contributed by atoms with van der Waals surface area (Å²) in [6.07, 6.45) is 0. The molecule has 19 heavy (non-hydrogen) atoms. The van der Waals surface area contributed by atoms with Gasteiger partial charge in [0.2, 0.25) is 0 Å². The molecule has 6 heteroatoms. The number of anilines is 1. The number of nitrogens with two attached hydrogens (primary N) is 2. The van der Waals surface area contributed by atoms with Crippen molar-refractivity contribution in [1.82, 2.24) is 4.98 Å². The Labute approximate surface area is 110 Å². The third kappa shape index (κ3) is 3.20. The summed E-state index contributed by atoms with van der Waals surface area (Å²) in [5, 5.41) is 0. The molecular formula is C13H14N4O2. The molecule has 0 aliphatic heterocycles. The van der Waals surface area contributed by atoms with Crippen molar-refractivity contribution in [2.75, 3.05) is 5.43 Å². The number of ether oxygens (including phenoxy) is 1. The number of rotatable bonds is 5. The molecule has 1 amide bonds. The largest absolute Gasteiger partial charge is 0.486 e. The van der Waals surface area contributed by atoms with Crippen molar-refractivity contribution in [2.24, 2.45) is 11.6 Å². The van der Waals surface area contributed by atoms with E-state index in [-0.39, 0.29) is 6.61 Å². The fourth-order valence-corrected chi connectivity index (χ4v) is 1.59. The van der Waals surface area contributed by atoms with Gasteiger partial charge in [-0.1, -0.05) is 18.2 Å². The van der Waals surface area contributed by atoms with E-state index in [1.165, 1.54) is 0 Å². The Kier molecular flexibility index (Phi) is 3.94. The summed E-state index contributed by atoms with van der Waals surface area (Å²) in [6.45, 7) is 0.222. The molecule has 0 saturated heterocycles. The number of amides is 1. The molecule has 2 rings (SSSR count). The summed E-state index contributed by atoms with van der Waals surface area (Å²) in [7, 11) is 0. The maximum absolute atomic E-state index is 11.2. The molecule has 6 nitrogen and oxygen atoms in total. The molecule has 2 aromatic rings. The predicted octanol–water partition coefficient (Wildman–Crippen LogP) is 1.05. The van der Waals surface area contributed by atoms with Crippen LogP contribution in [0.2, 0.25) is 0 Å². The number of carbonyl (C=O) groups is 1. The van der Waals surface area contributed by atoms with Gasteiger partial charge < -0.3 is 15.9 Å². The topological polar surface area (TPSA) is 103 Å². The molecule has 5 N–H and O–H groups in total. The van der Waals surface area contributed by atoms with Crippen LogP contribution < -0.4 is 21.7 Å². The van der Waals surface area contributed by atoms with Gasteiger partial charge in [0, 0.05) is 0 Å². The molecule has 1 aromatic heterocycles. The van der Waals surface area contributed by atoms with Gasteiger partial charge in [0.15, 0.2) is 0 Å². The van der Waals surface area contributed by atoms with E-state index in [0.29, 0.717) is 22.8 Å². The van der Waals surface area contributed by atoms with Crippen molar-refractivity contribution in [3.8, 4) is 5.75 Å². The van der Waals surface area contributed by atoms with Gasteiger partial charge >= 0.3 is 0 Å². The second-order valence-electron chi connectivity index (χ2n) is 3.81. The molecule has 0 saturated carbocycles. The van der Waals surface area contributed by atoms with Crippen LogP contribution in [0.1, 0.15) is 16.1 Å². The van der Waals surface area contributed by atoms with Gasteiger partial charge in [0.1, 0.15) is 18.2 Å². The summed E-state index contributed by atoms with van der Waals surface area (Å²) in [6, 6.07) is 12.1. The molecule has 0 unspecified atom stereocenters. The highest BCUT2D eigenvalue weighted by Gasteiger charge is 2.08. The molecule has 0 aliphatic rings. The Hall–Kier alpha value is -2.60. The highest BCUT2D eigenvalue weighted by Crippen LogP contribution is 2.18. The van der Waals surface area contributed by atoms with Gasteiger partial charge in [0.05, 0.1) is 11.3 Å². The lowest BCUT2D eigenvalue weighted by molar-refractivity contribution is 0.0996. The smallest absolute Gasteiger partial charge is 0.252 e. The van der Waals surface area contributed by atoms with E-state index in [9.17, 15) is 4.79 Å². The highest BCUT2D eigenvalue weighted by molar-refractivity contribution is 5.95. The number of nitrogen functional groups attached to an aromatic ring is 1. The van der Waals surface area contributed by atoms with Crippen LogP contribution in [0.4, 0.5) is 5.82 Å². The lowest BCUT2D eigenvalue weighted by atomic mass is 10.2. The van der Waals surface area contributed by atoms with Gasteiger partial charge in [0.25, 0.3) is 5.91 Å². The van der Waals surface area contributed by atoms with Crippen LogP contribution in [-0.4, -0.2) is 10.9 Å². The van der Waals surface area contributed by atoms with Crippen molar-refractivity contribution in [2.45, 2.75) is 6.61 Å². The first-order valence-electron chi connectivity index (χ1n) is 5.65. The van der Waals surface area contributed by atoms with Crippen LogP contribution in [0, 0.1) is 0 Å². The number of benzene rings is 1. The molecule has 0 atom stereocenters. The minimum atomic E-state index is -0.527. The summed E-state index contributed by atoms with van der Waals surface area (Å²) >= 11 is 0. The van der Waals surface area contributed by atoms with Crippen LogP contribution in [0.15, 0.2) is 42.5 Å². The van der Waals surface area contributed by atoms with E-state index in [0.717, 1.165) is 0 Å². The van der Waals surface area contributed by atoms with Gasteiger partial charge in [-0.2, -0.15) is 0 Å². The molecule has 0 aliphatic carbocycles. The normalized spacial score (nSPS) is 9.95. The standard InChI is InChI=1S/C13H14N4O2/c14-13(18)10-5-1-2-6-11(10)19-8-9-4-3-7-12(16-9)17-15/h1-7H,8,15H2,(H2,14,18)(H,16,17). The van der Waals surface area contributed by atoms with E-state index in [1.54, 1.807) is 42.5 Å². The molecule has 98 valence electrons. The maximum atomic E-state index is 11.2. The number of carbonyl (C=O) groups excluding carboxylic acids is 1. The predicted molar refractivity (Wildman–Crippen MR) is 71.3 cm³/mol. The number of hydrogen-bond acceptors (Lipinski definition) is 5. The number of nitrogens with one attached hydrogen (secondary N) is 1. The average molecular weight is 258 g/mol. The van der Waals surface area contributed by atoms with Gasteiger partial charge in [-0.3, -0.25) is 4.79 Å². The summed E-state index contributed by atoms with van der Waals surface area (Å²) < 4.78 is 5.55. The van der Waals surface area contributed by atoms with Crippen molar-refractivity contribution < 1.29 is 9.53 Å². The van der Waals surface area contributed by atoms with Crippen LogP contribution in [-0.2, 0) is 6.61 Å². The number of primary amides is 1. The average Bonchev–Trinajstić information content (AvgIpc) is 2.45. The molecule has 1 heterocycles. The molecule has 1 aromatic carbocycles. The fourth-order valence-electron chi connectivity index (χ4n) is 1.59. The number of hydrogen-bond donors (Lipinski definition) is 3. The van der Waals surface area contributed by atoms with Gasteiger partial charge in [-0.05, 0) is 24.3 Å². The number of nitrogens with zero attached hydrogens (tertiary/aromatic N) is 1. The zero-order valence-corrected chi connectivity index (χ0v) is 10.2. The lowest BCUT2D eigenvalue weighted by Gasteiger charge is -2.09. The molecule has 0 fully saturated rings. The first kappa shape index (κ1) is 12.8. The lowest BCUT2D eigenvalue weighted by Crippen LogP contribution is -2.13. The Morgan fingerprint density at radius 2 is 2.00 bits per heavy atom. The van der Waals surface area contributed by atoms with E-state index < -0.39 is 5.91 Å². The fraction of sp³-hybridized carbons (Fsp3) is 0.0769. The molecular weight excluding hydrogens is 244 g/mol. The summed E-state index contributed by atoms with van der Waals surface area (Å²) in [4.78, 5) is 15.4. The Balaban J connectivity index is 2.12. The quantitative estimate of drug-likeness (QED) is 0.549. The van der Waals surface area contributed by atoms with Crippen LogP contribution in [0.5, 0.6) is 5.75 Å². The minimum Gasteiger partial charge on any atom is -0.486 e. The maximum Gasteiger partial charge on any atom is 0.252 e. The van der Waals surface area contributed by atoms with Crippen LogP contribution >= 0.6 is 0 Å². The third-order valence-electron chi connectivity index (χ3n) is 2.48. The van der Waals surface area contributed by atoms with E-state index in [2.05, 4.69) is 10.4 Å². The number of pyridine rings is 1. The Morgan fingerprint density at radius 3 is 2.74 bits per heavy atom. The second kappa shape index (κ2) is 5.83. The van der Waals surface area contributed by atoms with Gasteiger partial charge in [-0.25, -0.2) is 10.8 Å². The minimum absolute atomic E-state index is 0.222. The number of hydrazine groups is 1. The Bertz CT molecular complexity index is 586. The summed E-state index contributed by atoms with van der Waals surface area (Å²) in [5.41, 5.74) is 8.76. The number of para-hydroxylation sites is 1. The molecule has 0 radical (unpaired) electrons. The van der Waals surface area contributed by atoms with Crippen LogP contribution in [0.3, 0.4) is 0 Å². The van der Waals surface area contributed by atoms with E-state index in [4.69, 9.17) is 16.3 Å². The highest BCUT2D eigenvalue weighted by atomic mass is 16.5. The van der Waals surface area contributed by atoms with Crippen molar-refractivity contribution >= 4 is 11.7 Å². The van der Waals surface area contributed by atoms with Crippen molar-refractivity contribution in [1.29, 1.82) is 0 Å². The SMILES string of the molecule is NNc1cccc(COc2ccccc2C(N)=O)n1. The zero-order valence-electron chi connectivity index (χ0n) is 10.2. The zero-order chi connectivity index (χ0) is 13.7. The summed E-state index contributed by atoms with van der Waals surface area (Å²) in [5.74, 6) is 5.73. The first-order valence-corrected chi connectivity index (χ1v) is 5.65. The Morgan fingerprint density at radius 1 is 1.21 bits per heavy atom. The second-order valence-corrected chi connectivity index (χ2v) is 3.81. The third-order valence-corrected chi connectivity index (χ3v) is 2.48. The van der Waals surface area contributed by atoms with E-state index >= 15 is 0 Å². The van der Waals surface area contributed by atoms with Gasteiger partial charge in [-0.15, -0.1) is 0 Å². The van der Waals surface area contributed by atoms with Crippen LogP contribution in [0.25, 0.3) is 0 Å². The monoisotopic (exact) mass is 258 g/mol. The van der Waals surface area contributed by atoms with Crippen molar-refractivity contribution in [3.05, 3.63) is 53.7 Å². The number of aromatic nitrogens is 1. The molecule has 0 spiro atoms. The first-order chi connectivity index (χ1) is 9.20. The van der Waals surface area contributed by atoms with E-state index in [1.807, 2.05) is 0 Å². The molecule has 0 bridgehead atoms. The van der Waals surface area contributed by atoms with Crippen molar-refractivity contribution in [3.63, 3.8) is 0 Å².